The van der Waals surface area contributed by atoms with E-state index in [4.69, 9.17) is 5.73 Å². The minimum atomic E-state index is -0.240. The first-order valence-electron chi connectivity index (χ1n) is 9.63. The van der Waals surface area contributed by atoms with Crippen LogP contribution in [0.1, 0.15) is 45.9 Å². The summed E-state index contributed by atoms with van der Waals surface area (Å²) >= 11 is 0. The molecule has 1 aliphatic carbocycles. The number of halogens is 1. The lowest BCUT2D eigenvalue weighted by Gasteiger charge is -2.21. The molecule has 0 unspecified atom stereocenters. The van der Waals surface area contributed by atoms with Crippen molar-refractivity contribution in [3.63, 3.8) is 0 Å². The van der Waals surface area contributed by atoms with Gasteiger partial charge in [0.25, 0.3) is 0 Å². The molecule has 0 aromatic carbocycles. The average molecular weight is 371 g/mol. The highest BCUT2D eigenvalue weighted by Gasteiger charge is 2.13. The van der Waals surface area contributed by atoms with E-state index in [-0.39, 0.29) is 5.83 Å². The Balaban J connectivity index is 2.27. The molecule has 1 aromatic heterocycles. The second kappa shape index (κ2) is 10.1. The number of allylic oxidation sites excluding steroid dienone is 6. The molecular weight excluding hydrogens is 339 g/mol. The van der Waals surface area contributed by atoms with E-state index in [9.17, 15) is 4.39 Å². The quantitative estimate of drug-likeness (QED) is 0.597. The van der Waals surface area contributed by atoms with Gasteiger partial charge in [-0.05, 0) is 66.7 Å². The van der Waals surface area contributed by atoms with E-state index in [0.717, 1.165) is 59.9 Å². The van der Waals surface area contributed by atoms with Gasteiger partial charge in [0, 0.05) is 19.6 Å². The summed E-state index contributed by atoms with van der Waals surface area (Å²) in [4.78, 5) is 10.2. The molecule has 0 fully saturated rings. The van der Waals surface area contributed by atoms with Crippen LogP contribution in [-0.4, -0.2) is 29.6 Å². The monoisotopic (exact) mass is 370 g/mol. The Morgan fingerprint density at radius 2 is 2.07 bits per heavy atom. The fraction of sp³-hybridized carbons (Fsp3) is 0.409. The number of nitrogens with two attached hydrogens (primary N) is 1. The van der Waals surface area contributed by atoms with Crippen molar-refractivity contribution in [2.75, 3.05) is 24.5 Å². The van der Waals surface area contributed by atoms with E-state index in [2.05, 4.69) is 35.3 Å². The summed E-state index contributed by atoms with van der Waals surface area (Å²) in [5.41, 5.74) is 9.60. The summed E-state index contributed by atoms with van der Waals surface area (Å²) < 4.78 is 13.6. The fourth-order valence-corrected chi connectivity index (χ4v) is 3.23. The van der Waals surface area contributed by atoms with Crippen molar-refractivity contribution in [3.05, 3.63) is 64.9 Å². The molecule has 0 atom stereocenters. The van der Waals surface area contributed by atoms with Crippen LogP contribution in [0, 0.1) is 0 Å². The molecule has 0 saturated carbocycles. The summed E-state index contributed by atoms with van der Waals surface area (Å²) in [5.74, 6) is 1.54. The second-order valence-electron chi connectivity index (χ2n) is 6.79. The van der Waals surface area contributed by atoms with Crippen LogP contribution in [0.4, 0.5) is 10.2 Å². The van der Waals surface area contributed by atoms with Crippen LogP contribution in [0.2, 0.25) is 0 Å². The van der Waals surface area contributed by atoms with Crippen LogP contribution in [-0.2, 0) is 0 Å². The first-order chi connectivity index (χ1) is 13.0. The third-order valence-corrected chi connectivity index (χ3v) is 4.62. The fourth-order valence-electron chi connectivity index (χ4n) is 3.23. The Kier molecular flexibility index (Phi) is 7.80. The predicted molar refractivity (Wildman–Crippen MR) is 113 cm³/mol. The molecular formula is C22H31FN4. The van der Waals surface area contributed by atoms with Gasteiger partial charge in [-0.25, -0.2) is 9.37 Å². The zero-order valence-corrected chi connectivity index (χ0v) is 16.7. The van der Waals surface area contributed by atoms with E-state index < -0.39 is 0 Å². The van der Waals surface area contributed by atoms with Crippen molar-refractivity contribution in [3.8, 4) is 0 Å². The second-order valence-corrected chi connectivity index (χ2v) is 6.79. The molecule has 4 nitrogen and oxygen atoms in total. The lowest BCUT2D eigenvalue weighted by Crippen LogP contribution is -2.25. The van der Waals surface area contributed by atoms with Gasteiger partial charge in [0.1, 0.15) is 17.5 Å². The number of hydrogen-bond acceptors (Lipinski definition) is 3. The van der Waals surface area contributed by atoms with Gasteiger partial charge in [-0.15, -0.1) is 0 Å². The Bertz CT molecular complexity index is 774. The highest BCUT2D eigenvalue weighted by atomic mass is 19.1. The summed E-state index contributed by atoms with van der Waals surface area (Å²) in [6, 6.07) is 0. The zero-order chi connectivity index (χ0) is 19.8. The summed E-state index contributed by atoms with van der Waals surface area (Å²) in [6.45, 7) is 12.8. The lowest BCUT2D eigenvalue weighted by molar-refractivity contribution is 0.666. The number of hydrogen-bond donors (Lipinski definition) is 2. The molecule has 0 radical (unpaired) electrons. The van der Waals surface area contributed by atoms with Gasteiger partial charge in [-0.3, -0.25) is 0 Å². The summed E-state index contributed by atoms with van der Waals surface area (Å²) in [6.07, 6.45) is 11.5. The number of nitrogens with zero attached hydrogens (tertiary/aromatic N) is 2. The predicted octanol–water partition coefficient (Wildman–Crippen LogP) is 5.06. The number of imidazole rings is 1. The molecule has 146 valence electrons. The van der Waals surface area contributed by atoms with Crippen LogP contribution >= 0.6 is 0 Å². The maximum absolute atomic E-state index is 13.6. The topological polar surface area (TPSA) is 57.9 Å². The molecule has 1 heterocycles. The van der Waals surface area contributed by atoms with Crippen molar-refractivity contribution in [1.82, 2.24) is 9.97 Å². The van der Waals surface area contributed by atoms with E-state index in [0.29, 0.717) is 13.0 Å². The molecule has 27 heavy (non-hydrogen) atoms. The van der Waals surface area contributed by atoms with Gasteiger partial charge in [-0.1, -0.05) is 26.5 Å². The van der Waals surface area contributed by atoms with Crippen LogP contribution < -0.4 is 10.6 Å². The molecule has 1 aliphatic rings. The van der Waals surface area contributed by atoms with Gasteiger partial charge >= 0.3 is 0 Å². The molecule has 0 amide bonds. The number of anilines is 1. The molecule has 0 bridgehead atoms. The first-order valence-corrected chi connectivity index (χ1v) is 9.63. The molecule has 5 heteroatoms. The minimum Gasteiger partial charge on any atom is -0.357 e. The van der Waals surface area contributed by atoms with Gasteiger partial charge in [0.15, 0.2) is 0 Å². The van der Waals surface area contributed by atoms with Crippen LogP contribution in [0.15, 0.2) is 59.1 Å². The van der Waals surface area contributed by atoms with E-state index in [1.807, 2.05) is 25.3 Å². The largest absolute Gasteiger partial charge is 0.357 e. The first kappa shape index (κ1) is 20.9. The van der Waals surface area contributed by atoms with Crippen molar-refractivity contribution in [2.24, 2.45) is 5.73 Å². The summed E-state index contributed by atoms with van der Waals surface area (Å²) in [5, 5.41) is 0. The molecule has 0 saturated heterocycles. The molecule has 0 aliphatic heterocycles. The Morgan fingerprint density at radius 3 is 2.70 bits per heavy atom. The number of nitrogens with one attached hydrogen (secondary N) is 1. The number of aromatic nitrogens is 2. The normalized spacial score (nSPS) is 15.0. The smallest absolute Gasteiger partial charge is 0.131 e. The Hall–Kier alpha value is -2.40. The Morgan fingerprint density at radius 1 is 1.37 bits per heavy atom. The Labute approximate surface area is 162 Å². The highest BCUT2D eigenvalue weighted by Crippen LogP contribution is 2.28. The maximum Gasteiger partial charge on any atom is 0.131 e. The van der Waals surface area contributed by atoms with E-state index in [1.54, 1.807) is 0 Å². The van der Waals surface area contributed by atoms with Crippen molar-refractivity contribution < 1.29 is 4.39 Å². The van der Waals surface area contributed by atoms with Crippen LogP contribution in [0.5, 0.6) is 0 Å². The minimum absolute atomic E-state index is 0.240. The van der Waals surface area contributed by atoms with Crippen molar-refractivity contribution >= 4 is 11.9 Å². The number of rotatable bonds is 9. The van der Waals surface area contributed by atoms with Gasteiger partial charge in [-0.2, -0.15) is 0 Å². The third kappa shape index (κ3) is 5.54. The maximum atomic E-state index is 13.6. The molecule has 2 rings (SSSR count). The standard InChI is InChI=1S/C22H31FN4/c1-5-10-27(11-6-2)22-15-25-21(26-22)13-18(14-24)17(4)20-9-7-8-19(23)12-16(20)3/h7-8,12-13,15H,4-6,9-11,14,24H2,1-3H3,(H,25,26)/b18-13-. The third-order valence-electron chi connectivity index (χ3n) is 4.62. The zero-order valence-electron chi connectivity index (χ0n) is 16.7. The summed E-state index contributed by atoms with van der Waals surface area (Å²) in [7, 11) is 0. The van der Waals surface area contributed by atoms with E-state index >= 15 is 0 Å². The van der Waals surface area contributed by atoms with Gasteiger partial charge < -0.3 is 15.6 Å². The van der Waals surface area contributed by atoms with Gasteiger partial charge in [0.05, 0.1) is 6.20 Å². The van der Waals surface area contributed by atoms with Crippen LogP contribution in [0.3, 0.4) is 0 Å². The SMILES string of the molecule is C=C(C1=C(C)C=C(F)C=CC1)/C(=C\c1ncc(N(CCC)CCC)[nH]1)CN. The number of H-pyrrole nitrogens is 1. The molecule has 1 aromatic rings. The lowest BCUT2D eigenvalue weighted by atomic mass is 9.93. The van der Waals surface area contributed by atoms with E-state index in [1.165, 1.54) is 12.2 Å². The van der Waals surface area contributed by atoms with Crippen molar-refractivity contribution in [2.45, 2.75) is 40.0 Å². The molecule has 0 spiro atoms. The average Bonchev–Trinajstić information content (AvgIpc) is 3.03. The molecule has 3 N–H and O–H groups in total. The van der Waals surface area contributed by atoms with Crippen molar-refractivity contribution in [1.29, 1.82) is 0 Å². The van der Waals surface area contributed by atoms with Crippen LogP contribution in [0.25, 0.3) is 6.08 Å². The highest BCUT2D eigenvalue weighted by molar-refractivity contribution is 5.62. The number of aromatic amines is 1. The van der Waals surface area contributed by atoms with Gasteiger partial charge in [0.2, 0.25) is 0 Å².